The Balaban J connectivity index is 3.12. The number of thiophene rings is 1. The van der Waals surface area contributed by atoms with E-state index in [0.29, 0.717) is 6.54 Å². The van der Waals surface area contributed by atoms with Gasteiger partial charge in [0.2, 0.25) is 0 Å². The molecule has 0 atom stereocenters. The van der Waals surface area contributed by atoms with Gasteiger partial charge in [-0.25, -0.2) is 17.5 Å². The quantitative estimate of drug-likeness (QED) is 0.866. The average Bonchev–Trinajstić information content (AvgIpc) is 2.65. The van der Waals surface area contributed by atoms with E-state index in [4.69, 9.17) is 5.11 Å². The average molecular weight is 249 g/mol. The minimum Gasteiger partial charge on any atom is -0.477 e. The summed E-state index contributed by atoms with van der Waals surface area (Å²) in [5.41, 5.74) is 0. The molecule has 1 aromatic heterocycles. The summed E-state index contributed by atoms with van der Waals surface area (Å²) in [6.45, 7) is 2.06. The number of nitrogens with zero attached hydrogens (tertiary/aromatic N) is 1. The molecule has 0 spiro atoms. The fourth-order valence-corrected chi connectivity index (χ4v) is 3.43. The summed E-state index contributed by atoms with van der Waals surface area (Å²) in [4.78, 5) is 10.6. The van der Waals surface area contributed by atoms with Gasteiger partial charge in [0, 0.05) is 13.6 Å². The van der Waals surface area contributed by atoms with Gasteiger partial charge in [-0.15, -0.1) is 11.3 Å². The molecule has 0 radical (unpaired) electrons. The largest absolute Gasteiger partial charge is 0.477 e. The lowest BCUT2D eigenvalue weighted by atomic mass is 10.5. The van der Waals surface area contributed by atoms with E-state index in [1.807, 2.05) is 0 Å². The van der Waals surface area contributed by atoms with E-state index < -0.39 is 16.0 Å². The number of hydrogen-bond acceptors (Lipinski definition) is 4. The van der Waals surface area contributed by atoms with E-state index in [2.05, 4.69) is 0 Å². The molecule has 0 unspecified atom stereocenters. The summed E-state index contributed by atoms with van der Waals surface area (Å²) in [7, 11) is -2.06. The molecule has 0 saturated carbocycles. The molecule has 0 aliphatic carbocycles. The van der Waals surface area contributed by atoms with Crippen LogP contribution in [0, 0.1) is 0 Å². The van der Waals surface area contributed by atoms with E-state index in [1.165, 1.54) is 23.5 Å². The fraction of sp³-hybridized carbons (Fsp3) is 0.375. The van der Waals surface area contributed by atoms with E-state index >= 15 is 0 Å². The summed E-state index contributed by atoms with van der Waals surface area (Å²) >= 11 is 0.762. The maximum atomic E-state index is 11.7. The first-order chi connectivity index (χ1) is 6.89. The Bertz CT molecular complexity index is 463. The first kappa shape index (κ1) is 12.2. The number of sulfonamides is 1. The zero-order valence-corrected chi connectivity index (χ0v) is 9.93. The predicted molar refractivity (Wildman–Crippen MR) is 56.8 cm³/mol. The molecule has 0 saturated heterocycles. The summed E-state index contributed by atoms with van der Waals surface area (Å²) in [6.07, 6.45) is 0. The second-order valence-corrected chi connectivity index (χ2v) is 6.20. The summed E-state index contributed by atoms with van der Waals surface area (Å²) in [5, 5.41) is 8.66. The van der Waals surface area contributed by atoms with E-state index in [0.717, 1.165) is 11.3 Å². The minimum absolute atomic E-state index is 0.0260. The summed E-state index contributed by atoms with van der Waals surface area (Å²) in [6, 6.07) is 2.61. The van der Waals surface area contributed by atoms with Gasteiger partial charge in [0.1, 0.15) is 9.09 Å². The summed E-state index contributed by atoms with van der Waals surface area (Å²) in [5.74, 6) is -1.11. The second kappa shape index (κ2) is 4.30. The first-order valence-electron chi connectivity index (χ1n) is 4.19. The van der Waals surface area contributed by atoms with Crippen LogP contribution in [0.25, 0.3) is 0 Å². The van der Waals surface area contributed by atoms with Crippen LogP contribution in [0.4, 0.5) is 0 Å². The third kappa shape index (κ3) is 2.36. The lowest BCUT2D eigenvalue weighted by Crippen LogP contribution is -2.25. The Morgan fingerprint density at radius 3 is 2.53 bits per heavy atom. The van der Waals surface area contributed by atoms with Gasteiger partial charge in [-0.2, -0.15) is 0 Å². The number of rotatable bonds is 4. The van der Waals surface area contributed by atoms with Crippen molar-refractivity contribution in [2.24, 2.45) is 0 Å². The number of aromatic carboxylic acids is 1. The molecule has 0 amide bonds. The van der Waals surface area contributed by atoms with Crippen molar-refractivity contribution < 1.29 is 18.3 Å². The van der Waals surface area contributed by atoms with Gasteiger partial charge in [0.25, 0.3) is 10.0 Å². The van der Waals surface area contributed by atoms with Gasteiger partial charge in [0.05, 0.1) is 0 Å². The third-order valence-electron chi connectivity index (χ3n) is 1.90. The van der Waals surface area contributed by atoms with Gasteiger partial charge < -0.3 is 5.11 Å². The third-order valence-corrected chi connectivity index (χ3v) is 5.38. The summed E-state index contributed by atoms with van der Waals surface area (Å²) < 4.78 is 24.7. The van der Waals surface area contributed by atoms with Crippen molar-refractivity contribution in [3.05, 3.63) is 17.0 Å². The van der Waals surface area contributed by atoms with Crippen molar-refractivity contribution in [3.63, 3.8) is 0 Å². The van der Waals surface area contributed by atoms with Crippen LogP contribution in [-0.4, -0.2) is 37.4 Å². The molecule has 0 aromatic carbocycles. The molecule has 15 heavy (non-hydrogen) atoms. The van der Waals surface area contributed by atoms with E-state index in [1.54, 1.807) is 6.92 Å². The Labute approximate surface area is 92.0 Å². The molecule has 1 aromatic rings. The molecular weight excluding hydrogens is 238 g/mol. The molecule has 1 heterocycles. The van der Waals surface area contributed by atoms with Gasteiger partial charge in [0.15, 0.2) is 0 Å². The van der Waals surface area contributed by atoms with Crippen molar-refractivity contribution >= 4 is 27.3 Å². The van der Waals surface area contributed by atoms with Crippen LogP contribution in [0.15, 0.2) is 16.3 Å². The molecule has 7 heteroatoms. The van der Waals surface area contributed by atoms with Crippen LogP contribution in [0.2, 0.25) is 0 Å². The van der Waals surface area contributed by atoms with Crippen LogP contribution >= 0.6 is 11.3 Å². The second-order valence-electron chi connectivity index (χ2n) is 2.84. The van der Waals surface area contributed by atoms with Crippen molar-refractivity contribution in [2.45, 2.75) is 11.1 Å². The molecule has 0 aliphatic heterocycles. The maximum absolute atomic E-state index is 11.7. The maximum Gasteiger partial charge on any atom is 0.345 e. The normalized spacial score (nSPS) is 11.9. The number of carboxylic acid groups (broad SMARTS) is 1. The van der Waals surface area contributed by atoms with Gasteiger partial charge >= 0.3 is 5.97 Å². The molecular formula is C8H11NO4S2. The van der Waals surface area contributed by atoms with Crippen molar-refractivity contribution in [2.75, 3.05) is 13.6 Å². The van der Waals surface area contributed by atoms with Crippen LogP contribution in [0.1, 0.15) is 16.6 Å². The highest BCUT2D eigenvalue weighted by Crippen LogP contribution is 2.23. The van der Waals surface area contributed by atoms with Gasteiger partial charge in [-0.05, 0) is 12.1 Å². The Morgan fingerprint density at radius 1 is 1.53 bits per heavy atom. The van der Waals surface area contributed by atoms with Gasteiger partial charge in [-0.3, -0.25) is 0 Å². The molecule has 84 valence electrons. The molecule has 0 bridgehead atoms. The topological polar surface area (TPSA) is 74.7 Å². The van der Waals surface area contributed by atoms with Crippen molar-refractivity contribution in [1.82, 2.24) is 4.31 Å². The predicted octanol–water partition coefficient (Wildman–Crippen LogP) is 1.09. The Morgan fingerprint density at radius 2 is 2.13 bits per heavy atom. The monoisotopic (exact) mass is 249 g/mol. The smallest absolute Gasteiger partial charge is 0.345 e. The lowest BCUT2D eigenvalue weighted by Gasteiger charge is -2.12. The minimum atomic E-state index is -3.51. The number of hydrogen-bond donors (Lipinski definition) is 1. The van der Waals surface area contributed by atoms with Crippen molar-refractivity contribution in [3.8, 4) is 0 Å². The van der Waals surface area contributed by atoms with E-state index in [-0.39, 0.29) is 9.09 Å². The molecule has 0 aliphatic rings. The van der Waals surface area contributed by atoms with Crippen LogP contribution in [0.5, 0.6) is 0 Å². The SMILES string of the molecule is CCN(C)S(=O)(=O)c1ccc(C(=O)O)s1. The molecule has 1 rings (SSSR count). The Hall–Kier alpha value is -0.920. The molecule has 0 fully saturated rings. The zero-order chi connectivity index (χ0) is 11.6. The van der Waals surface area contributed by atoms with E-state index in [9.17, 15) is 13.2 Å². The highest BCUT2D eigenvalue weighted by molar-refractivity contribution is 7.91. The van der Waals surface area contributed by atoms with Crippen LogP contribution in [0.3, 0.4) is 0 Å². The highest BCUT2D eigenvalue weighted by Gasteiger charge is 2.22. The zero-order valence-electron chi connectivity index (χ0n) is 8.30. The van der Waals surface area contributed by atoms with Gasteiger partial charge in [-0.1, -0.05) is 6.92 Å². The van der Waals surface area contributed by atoms with Crippen LogP contribution in [-0.2, 0) is 10.0 Å². The highest BCUT2D eigenvalue weighted by atomic mass is 32.2. The number of carboxylic acids is 1. The van der Waals surface area contributed by atoms with Crippen molar-refractivity contribution in [1.29, 1.82) is 0 Å². The first-order valence-corrected chi connectivity index (χ1v) is 6.44. The van der Waals surface area contributed by atoms with Crippen LogP contribution < -0.4 is 0 Å². The Kier molecular flexibility index (Phi) is 3.48. The standard InChI is InChI=1S/C8H11NO4S2/c1-3-9(2)15(12,13)7-5-4-6(14-7)8(10)11/h4-5H,3H2,1-2H3,(H,10,11). The fourth-order valence-electron chi connectivity index (χ4n) is 0.897. The molecule has 5 nitrogen and oxygen atoms in total. The lowest BCUT2D eigenvalue weighted by molar-refractivity contribution is 0.0702. The number of carbonyl (C=O) groups is 1. The molecule has 1 N–H and O–H groups in total.